The van der Waals surface area contributed by atoms with E-state index in [-0.39, 0.29) is 64.7 Å². The summed E-state index contributed by atoms with van der Waals surface area (Å²) in [5.74, 6) is 0. The summed E-state index contributed by atoms with van der Waals surface area (Å²) in [6, 6.07) is 12.0. The fraction of sp³-hybridized carbons (Fsp3) is 0. The Morgan fingerprint density at radius 1 is 0.708 bits per heavy atom. The van der Waals surface area contributed by atoms with Gasteiger partial charge >= 0.3 is 59.1 Å². The molecule has 0 amide bonds. The van der Waals surface area contributed by atoms with Crippen molar-refractivity contribution in [1.29, 1.82) is 0 Å². The molecular formula is C14H10Na2O6S2. The second-order valence-corrected chi connectivity index (χ2v) is 6.99. The van der Waals surface area contributed by atoms with Crippen LogP contribution in [0.2, 0.25) is 0 Å². The first-order valence-corrected chi connectivity index (χ1v) is 8.79. The summed E-state index contributed by atoms with van der Waals surface area (Å²) in [4.78, 5) is -2.07. The summed E-state index contributed by atoms with van der Waals surface area (Å²) in [5.41, 5.74) is 0.558. The molecule has 24 heavy (non-hydrogen) atoms. The van der Waals surface area contributed by atoms with Crippen LogP contribution in [0.4, 0.5) is 0 Å². The summed E-state index contributed by atoms with van der Waals surface area (Å²) in [6.45, 7) is 0. The molecule has 0 aliphatic rings. The third kappa shape index (κ3) is 6.38. The Morgan fingerprint density at radius 3 is 1.79 bits per heavy atom. The van der Waals surface area contributed by atoms with Gasteiger partial charge in [-0.15, -0.1) is 0 Å². The van der Waals surface area contributed by atoms with Crippen molar-refractivity contribution in [2.24, 2.45) is 0 Å². The molecule has 0 saturated heterocycles. The van der Waals surface area contributed by atoms with E-state index in [1.165, 1.54) is 24.3 Å². The van der Waals surface area contributed by atoms with Gasteiger partial charge in [-0.1, -0.05) is 54.6 Å². The standard InChI is InChI=1S/C14H12O6S2.2Na/c15-21(16,17)13-8-4-7-12(14(13)22(18,19)20)10-9-11-5-2-1-3-6-11;;/h1-10H,(H,15,16,17)(H,18,19,20);;/q;2*+1/p-2. The first kappa shape index (κ1) is 24.0. The van der Waals surface area contributed by atoms with E-state index in [0.717, 1.165) is 6.07 Å². The van der Waals surface area contributed by atoms with Crippen LogP contribution in [0.5, 0.6) is 0 Å². The van der Waals surface area contributed by atoms with Crippen molar-refractivity contribution in [2.45, 2.75) is 9.79 Å². The maximum absolute atomic E-state index is 11.3. The number of benzene rings is 2. The molecule has 0 radical (unpaired) electrons. The second-order valence-electron chi connectivity index (χ2n) is 4.33. The zero-order valence-electron chi connectivity index (χ0n) is 13.0. The Morgan fingerprint density at radius 2 is 1.29 bits per heavy atom. The number of hydrogen-bond acceptors (Lipinski definition) is 6. The summed E-state index contributed by atoms with van der Waals surface area (Å²) >= 11 is 0. The molecule has 0 unspecified atom stereocenters. The average Bonchev–Trinajstić information content (AvgIpc) is 2.44. The fourth-order valence-corrected chi connectivity index (χ4v) is 3.82. The minimum Gasteiger partial charge on any atom is -0.744 e. The van der Waals surface area contributed by atoms with Gasteiger partial charge in [0, 0.05) is 0 Å². The summed E-state index contributed by atoms with van der Waals surface area (Å²) in [5, 5.41) is 0. The number of rotatable bonds is 4. The average molecular weight is 384 g/mol. The van der Waals surface area contributed by atoms with Crippen LogP contribution in [0.3, 0.4) is 0 Å². The van der Waals surface area contributed by atoms with Gasteiger partial charge in [0.25, 0.3) is 0 Å². The maximum Gasteiger partial charge on any atom is 1.00 e. The van der Waals surface area contributed by atoms with Crippen LogP contribution in [-0.4, -0.2) is 25.9 Å². The van der Waals surface area contributed by atoms with Gasteiger partial charge < -0.3 is 9.11 Å². The quantitative estimate of drug-likeness (QED) is 0.299. The van der Waals surface area contributed by atoms with Crippen molar-refractivity contribution in [2.75, 3.05) is 0 Å². The molecule has 0 aromatic heterocycles. The van der Waals surface area contributed by atoms with Gasteiger partial charge in [-0.25, -0.2) is 16.8 Å². The minimum atomic E-state index is -5.13. The fourth-order valence-electron chi connectivity index (χ4n) is 1.88. The SMILES string of the molecule is O=S(=O)([O-])c1cccc(C=Cc2ccccc2)c1S(=O)(=O)[O-].[Na+].[Na+]. The largest absolute Gasteiger partial charge is 1.00 e. The topological polar surface area (TPSA) is 114 Å². The molecule has 6 nitrogen and oxygen atoms in total. The van der Waals surface area contributed by atoms with Crippen LogP contribution >= 0.6 is 0 Å². The molecule has 0 aliphatic heterocycles. The van der Waals surface area contributed by atoms with E-state index in [2.05, 4.69) is 0 Å². The van der Waals surface area contributed by atoms with Crippen LogP contribution < -0.4 is 59.1 Å². The molecule has 0 fully saturated rings. The van der Waals surface area contributed by atoms with E-state index in [0.29, 0.717) is 5.56 Å². The maximum atomic E-state index is 11.3. The predicted molar refractivity (Wildman–Crippen MR) is 77.7 cm³/mol. The Hall–Kier alpha value is 0.000000000000000888. The van der Waals surface area contributed by atoms with Gasteiger partial charge in [-0.2, -0.15) is 0 Å². The van der Waals surface area contributed by atoms with Crippen LogP contribution in [0.25, 0.3) is 12.2 Å². The van der Waals surface area contributed by atoms with Crippen LogP contribution in [0.1, 0.15) is 11.1 Å². The molecular weight excluding hydrogens is 374 g/mol. The second kappa shape index (κ2) is 9.63. The summed E-state index contributed by atoms with van der Waals surface area (Å²) in [7, 11) is -10.2. The Labute approximate surface area is 185 Å². The molecule has 2 aromatic carbocycles. The molecule has 0 atom stereocenters. The van der Waals surface area contributed by atoms with Gasteiger partial charge in [-0.3, -0.25) is 0 Å². The molecule has 0 aliphatic carbocycles. The minimum absolute atomic E-state index is 0. The summed E-state index contributed by atoms with van der Waals surface area (Å²) in [6.07, 6.45) is 2.78. The molecule has 10 heteroatoms. The van der Waals surface area contributed by atoms with Crippen LogP contribution in [0, 0.1) is 0 Å². The molecule has 0 saturated carbocycles. The summed E-state index contributed by atoms with van der Waals surface area (Å²) < 4.78 is 67.5. The zero-order valence-corrected chi connectivity index (χ0v) is 18.7. The Balaban J connectivity index is 0.00000264. The van der Waals surface area contributed by atoms with Crippen molar-refractivity contribution in [3.63, 3.8) is 0 Å². The van der Waals surface area contributed by atoms with Gasteiger partial charge in [0.15, 0.2) is 0 Å². The molecule has 0 spiro atoms. The molecule has 0 N–H and O–H groups in total. The van der Waals surface area contributed by atoms with E-state index in [4.69, 9.17) is 0 Å². The molecule has 0 heterocycles. The van der Waals surface area contributed by atoms with E-state index in [1.54, 1.807) is 30.3 Å². The number of hydrogen-bond donors (Lipinski definition) is 0. The van der Waals surface area contributed by atoms with E-state index < -0.39 is 30.0 Å². The third-order valence-corrected chi connectivity index (χ3v) is 4.75. The van der Waals surface area contributed by atoms with Gasteiger partial charge in [-0.05, 0) is 17.2 Å². The van der Waals surface area contributed by atoms with Crippen molar-refractivity contribution in [3.05, 3.63) is 59.7 Å². The van der Waals surface area contributed by atoms with Gasteiger partial charge in [0.05, 0.1) is 9.79 Å². The van der Waals surface area contributed by atoms with Gasteiger partial charge in [0.1, 0.15) is 20.2 Å². The van der Waals surface area contributed by atoms with E-state index in [1.807, 2.05) is 0 Å². The smallest absolute Gasteiger partial charge is 0.744 e. The van der Waals surface area contributed by atoms with Crippen LogP contribution in [0.15, 0.2) is 58.3 Å². The van der Waals surface area contributed by atoms with Crippen molar-refractivity contribution in [3.8, 4) is 0 Å². The monoisotopic (exact) mass is 384 g/mol. The Kier molecular flexibility index (Phi) is 9.63. The predicted octanol–water partition coefficient (Wildman–Crippen LogP) is -4.33. The molecule has 2 rings (SSSR count). The van der Waals surface area contributed by atoms with Crippen molar-refractivity contribution < 1.29 is 85.1 Å². The molecule has 116 valence electrons. The first-order valence-electron chi connectivity index (χ1n) is 5.97. The normalized spacial score (nSPS) is 11.6. The van der Waals surface area contributed by atoms with E-state index >= 15 is 0 Å². The zero-order chi connectivity index (χ0) is 16.4. The van der Waals surface area contributed by atoms with Gasteiger partial charge in [0.2, 0.25) is 0 Å². The van der Waals surface area contributed by atoms with Crippen molar-refractivity contribution >= 4 is 32.4 Å². The van der Waals surface area contributed by atoms with Crippen molar-refractivity contribution in [1.82, 2.24) is 0 Å². The van der Waals surface area contributed by atoms with Crippen LogP contribution in [-0.2, 0) is 20.2 Å². The first-order chi connectivity index (χ1) is 10.2. The third-order valence-electron chi connectivity index (χ3n) is 2.78. The molecule has 0 bridgehead atoms. The molecule has 2 aromatic rings. The Bertz CT molecular complexity index is 923. The van der Waals surface area contributed by atoms with E-state index in [9.17, 15) is 25.9 Å².